The molecule has 1 heterocycles. The standard InChI is InChI=1S/C37H47N/c1-2-34(38-11-1)35(30-3-7-32(8-4-30)36-18-24-12-25(19-36)14-26(13-24)20-36)31-5-9-33(10-6-31)37-21-27-15-28(22-37)17-29(16-27)23-37/h3-10,24-29,34-35,38H,1-2,11-23H2. The van der Waals surface area contributed by atoms with Crippen LogP contribution in [-0.2, 0) is 10.8 Å². The van der Waals surface area contributed by atoms with Crippen molar-refractivity contribution in [2.24, 2.45) is 35.5 Å². The molecule has 8 bridgehead atoms. The predicted octanol–water partition coefficient (Wildman–Crippen LogP) is 8.51. The van der Waals surface area contributed by atoms with E-state index in [9.17, 15) is 0 Å². The molecule has 1 unspecified atom stereocenters. The van der Waals surface area contributed by atoms with Crippen LogP contribution in [0.5, 0.6) is 0 Å². The molecule has 8 aliphatic carbocycles. The Labute approximate surface area is 230 Å². The average molecular weight is 506 g/mol. The number of hydrogen-bond acceptors (Lipinski definition) is 1. The molecule has 1 heteroatoms. The van der Waals surface area contributed by atoms with Gasteiger partial charge in [-0.3, -0.25) is 0 Å². The first kappa shape index (κ1) is 23.1. The molecule has 2 aromatic carbocycles. The molecule has 1 aliphatic heterocycles. The van der Waals surface area contributed by atoms with E-state index in [2.05, 4.69) is 53.8 Å². The van der Waals surface area contributed by atoms with Crippen molar-refractivity contribution >= 4 is 0 Å². The van der Waals surface area contributed by atoms with Crippen molar-refractivity contribution in [2.45, 2.75) is 113 Å². The minimum atomic E-state index is 0.480. The Bertz CT molecular complexity index is 1020. The lowest BCUT2D eigenvalue weighted by Crippen LogP contribution is -2.48. The SMILES string of the molecule is c1cc(C23CC4CC(CC(C4)C2)C3)ccc1C(c1ccc(C23CC4CC(CC(C4)C2)C3)cc1)C1CCCN1. The average Bonchev–Trinajstić information content (AvgIpc) is 3.43. The minimum absolute atomic E-state index is 0.480. The Hall–Kier alpha value is -1.60. The summed E-state index contributed by atoms with van der Waals surface area (Å²) in [6.07, 6.45) is 20.6. The summed E-state index contributed by atoms with van der Waals surface area (Å²) in [6, 6.07) is 21.1. The Morgan fingerprint density at radius 1 is 0.526 bits per heavy atom. The van der Waals surface area contributed by atoms with Gasteiger partial charge in [-0.15, -0.1) is 0 Å². The molecule has 2 aromatic rings. The van der Waals surface area contributed by atoms with E-state index >= 15 is 0 Å². The van der Waals surface area contributed by atoms with Crippen LogP contribution in [0.1, 0.15) is 118 Å². The van der Waals surface area contributed by atoms with Crippen LogP contribution >= 0.6 is 0 Å². The van der Waals surface area contributed by atoms with Gasteiger partial charge in [-0.1, -0.05) is 48.5 Å². The van der Waals surface area contributed by atoms with E-state index in [1.807, 2.05) is 0 Å². The molecule has 0 radical (unpaired) electrons. The topological polar surface area (TPSA) is 12.0 Å². The molecular weight excluding hydrogens is 458 g/mol. The van der Waals surface area contributed by atoms with Gasteiger partial charge in [-0.05, 0) is 165 Å². The molecule has 38 heavy (non-hydrogen) atoms. The summed E-state index contributed by atoms with van der Waals surface area (Å²) in [5, 5.41) is 3.90. The van der Waals surface area contributed by atoms with Gasteiger partial charge in [0.2, 0.25) is 0 Å². The first-order valence-corrected chi connectivity index (χ1v) is 16.6. The Morgan fingerprint density at radius 3 is 1.21 bits per heavy atom. The summed E-state index contributed by atoms with van der Waals surface area (Å²) in [4.78, 5) is 0. The highest BCUT2D eigenvalue weighted by Gasteiger charge is 2.52. The van der Waals surface area contributed by atoms with Crippen LogP contribution in [0.25, 0.3) is 0 Å². The molecule has 200 valence electrons. The fourth-order valence-electron chi connectivity index (χ4n) is 12.7. The Kier molecular flexibility index (Phi) is 5.15. The maximum absolute atomic E-state index is 3.90. The van der Waals surface area contributed by atoms with E-state index in [1.165, 1.54) is 96.4 Å². The Balaban J connectivity index is 1.02. The summed E-state index contributed by atoms with van der Waals surface area (Å²) in [7, 11) is 0. The lowest BCUT2D eigenvalue weighted by atomic mass is 9.48. The van der Waals surface area contributed by atoms with Gasteiger partial charge >= 0.3 is 0 Å². The van der Waals surface area contributed by atoms with Gasteiger partial charge in [-0.2, -0.15) is 0 Å². The van der Waals surface area contributed by atoms with Gasteiger partial charge in [0, 0.05) is 12.0 Å². The van der Waals surface area contributed by atoms with Crippen LogP contribution in [0.15, 0.2) is 48.5 Å². The number of hydrogen-bond donors (Lipinski definition) is 1. The van der Waals surface area contributed by atoms with Crippen LogP contribution in [0.3, 0.4) is 0 Å². The van der Waals surface area contributed by atoms with E-state index < -0.39 is 0 Å². The second kappa shape index (κ2) is 8.45. The molecule has 1 saturated heterocycles. The summed E-state index contributed by atoms with van der Waals surface area (Å²) in [6.45, 7) is 1.18. The molecule has 11 rings (SSSR count). The molecule has 0 amide bonds. The zero-order valence-corrected chi connectivity index (χ0v) is 23.3. The third-order valence-corrected chi connectivity index (χ3v) is 13.3. The summed E-state index contributed by atoms with van der Waals surface area (Å²) < 4.78 is 0. The second-order valence-electron chi connectivity index (χ2n) is 15.8. The van der Waals surface area contributed by atoms with Gasteiger partial charge < -0.3 is 5.32 Å². The van der Waals surface area contributed by atoms with Crippen LogP contribution in [0.4, 0.5) is 0 Å². The number of rotatable bonds is 5. The van der Waals surface area contributed by atoms with Crippen molar-refractivity contribution in [1.82, 2.24) is 5.32 Å². The third kappa shape index (κ3) is 3.59. The first-order valence-electron chi connectivity index (χ1n) is 16.6. The summed E-state index contributed by atoms with van der Waals surface area (Å²) >= 11 is 0. The maximum atomic E-state index is 3.90. The lowest BCUT2D eigenvalue weighted by molar-refractivity contribution is -0.00530. The predicted molar refractivity (Wildman–Crippen MR) is 155 cm³/mol. The molecule has 0 spiro atoms. The maximum Gasteiger partial charge on any atom is 0.0243 e. The molecule has 0 aromatic heterocycles. The second-order valence-corrected chi connectivity index (χ2v) is 15.8. The quantitative estimate of drug-likeness (QED) is 0.429. The number of benzene rings is 2. The van der Waals surface area contributed by atoms with Crippen molar-refractivity contribution in [2.75, 3.05) is 6.54 Å². The van der Waals surface area contributed by atoms with E-state index in [1.54, 1.807) is 22.3 Å². The normalized spacial score (nSPS) is 45.1. The third-order valence-electron chi connectivity index (χ3n) is 13.3. The fourth-order valence-corrected chi connectivity index (χ4v) is 12.7. The lowest BCUT2D eigenvalue weighted by Gasteiger charge is -2.57. The highest BCUT2D eigenvalue weighted by molar-refractivity contribution is 5.41. The van der Waals surface area contributed by atoms with Crippen LogP contribution in [0, 0.1) is 35.5 Å². The van der Waals surface area contributed by atoms with Gasteiger partial charge in [0.1, 0.15) is 0 Å². The van der Waals surface area contributed by atoms with Gasteiger partial charge in [0.15, 0.2) is 0 Å². The monoisotopic (exact) mass is 505 g/mol. The molecule has 1 N–H and O–H groups in total. The molecule has 1 nitrogen and oxygen atoms in total. The minimum Gasteiger partial charge on any atom is -0.313 e. The van der Waals surface area contributed by atoms with Crippen LogP contribution < -0.4 is 5.32 Å². The molecule has 9 fully saturated rings. The van der Waals surface area contributed by atoms with Crippen molar-refractivity contribution in [3.05, 3.63) is 70.8 Å². The zero-order chi connectivity index (χ0) is 24.9. The summed E-state index contributed by atoms with van der Waals surface area (Å²) in [5.74, 6) is 6.58. The van der Waals surface area contributed by atoms with Gasteiger partial charge in [0.25, 0.3) is 0 Å². The van der Waals surface area contributed by atoms with Gasteiger partial charge in [0.05, 0.1) is 0 Å². The molecule has 8 saturated carbocycles. The van der Waals surface area contributed by atoms with E-state index in [0.29, 0.717) is 22.8 Å². The van der Waals surface area contributed by atoms with Crippen molar-refractivity contribution in [3.8, 4) is 0 Å². The summed E-state index contributed by atoms with van der Waals surface area (Å²) in [5.41, 5.74) is 7.45. The highest BCUT2D eigenvalue weighted by Crippen LogP contribution is 2.62. The van der Waals surface area contributed by atoms with Crippen molar-refractivity contribution in [1.29, 1.82) is 0 Å². The molecule has 1 atom stereocenters. The van der Waals surface area contributed by atoms with Gasteiger partial charge in [-0.25, -0.2) is 0 Å². The fraction of sp³-hybridized carbons (Fsp3) is 0.676. The molecule has 9 aliphatic rings. The largest absolute Gasteiger partial charge is 0.313 e. The highest BCUT2D eigenvalue weighted by atomic mass is 14.9. The number of nitrogens with one attached hydrogen (secondary N) is 1. The van der Waals surface area contributed by atoms with E-state index in [-0.39, 0.29) is 0 Å². The first-order chi connectivity index (χ1) is 18.6. The smallest absolute Gasteiger partial charge is 0.0243 e. The van der Waals surface area contributed by atoms with Crippen LogP contribution in [-0.4, -0.2) is 12.6 Å². The zero-order valence-electron chi connectivity index (χ0n) is 23.3. The van der Waals surface area contributed by atoms with Crippen molar-refractivity contribution < 1.29 is 0 Å². The van der Waals surface area contributed by atoms with E-state index in [0.717, 1.165) is 35.5 Å². The molecular formula is C37H47N. The van der Waals surface area contributed by atoms with Crippen LogP contribution in [0.2, 0.25) is 0 Å². The Morgan fingerprint density at radius 2 is 0.895 bits per heavy atom. The van der Waals surface area contributed by atoms with E-state index in [4.69, 9.17) is 0 Å². The van der Waals surface area contributed by atoms with Crippen molar-refractivity contribution in [3.63, 3.8) is 0 Å².